The molecule has 2 aliphatic heterocycles. The van der Waals surface area contributed by atoms with Crippen molar-refractivity contribution < 1.29 is 14.6 Å². The smallest absolute Gasteiger partial charge is 0.153 e. The first-order valence-electron chi connectivity index (χ1n) is 11.5. The number of piperidine rings is 1. The maximum atomic E-state index is 12.7. The van der Waals surface area contributed by atoms with Crippen molar-refractivity contribution in [3.8, 4) is 5.75 Å². The number of benzene rings is 1. The van der Waals surface area contributed by atoms with Crippen LogP contribution in [0.5, 0.6) is 5.75 Å². The predicted octanol–water partition coefficient (Wildman–Crippen LogP) is 3.27. The number of anilines is 1. The van der Waals surface area contributed by atoms with E-state index in [1.165, 1.54) is 18.4 Å². The van der Waals surface area contributed by atoms with Crippen LogP contribution in [-0.2, 0) is 18.3 Å². The summed E-state index contributed by atoms with van der Waals surface area (Å²) < 4.78 is 6.39. The second kappa shape index (κ2) is 5.25. The molecule has 31 heavy (non-hydrogen) atoms. The van der Waals surface area contributed by atoms with E-state index in [4.69, 9.17) is 4.42 Å². The largest absolute Gasteiger partial charge is 0.506 e. The summed E-state index contributed by atoms with van der Waals surface area (Å²) in [6.45, 7) is 2.06. The lowest BCUT2D eigenvalue weighted by molar-refractivity contribution is -0.157. The number of aliphatic hydroxyl groups is 1. The van der Waals surface area contributed by atoms with Crippen LogP contribution in [0, 0.1) is 5.92 Å². The number of hydrogen-bond acceptors (Lipinski definition) is 6. The number of hydrogen-bond donors (Lipinski definition) is 3. The van der Waals surface area contributed by atoms with Crippen LogP contribution in [0.25, 0.3) is 11.1 Å². The Morgan fingerprint density at radius 1 is 1.26 bits per heavy atom. The third kappa shape index (κ3) is 1.83. The van der Waals surface area contributed by atoms with Crippen LogP contribution in [0.1, 0.15) is 47.8 Å². The van der Waals surface area contributed by atoms with Crippen LogP contribution >= 0.6 is 0 Å². The Morgan fingerprint density at radius 2 is 2.16 bits per heavy atom. The Labute approximate surface area is 179 Å². The molecule has 2 bridgehead atoms. The summed E-state index contributed by atoms with van der Waals surface area (Å²) in [5.74, 6) is 1.93. The van der Waals surface area contributed by atoms with Crippen LogP contribution in [0.4, 0.5) is 5.69 Å². The third-order valence-corrected chi connectivity index (χ3v) is 8.94. The zero-order chi connectivity index (χ0) is 20.5. The first-order chi connectivity index (χ1) is 15.1. The highest BCUT2D eigenvalue weighted by molar-refractivity contribution is 5.82. The fourth-order valence-corrected chi connectivity index (χ4v) is 7.49. The van der Waals surface area contributed by atoms with Gasteiger partial charge in [0.1, 0.15) is 17.0 Å². The van der Waals surface area contributed by atoms with Crippen molar-refractivity contribution in [3.05, 3.63) is 52.9 Å². The number of phenolic OH excluding ortho intramolecular Hbond substituents is 1. The van der Waals surface area contributed by atoms with E-state index < -0.39 is 11.0 Å². The van der Waals surface area contributed by atoms with Crippen molar-refractivity contribution in [1.29, 1.82) is 0 Å². The Hall–Kier alpha value is -2.57. The molecule has 5 aliphatic rings. The second-order valence-corrected chi connectivity index (χ2v) is 10.3. The lowest BCUT2D eigenvalue weighted by atomic mass is 9.49. The Morgan fingerprint density at radius 3 is 3.03 bits per heavy atom. The number of fused-ring (bicyclic) bond motifs is 4. The minimum atomic E-state index is -0.925. The fourth-order valence-electron chi connectivity index (χ4n) is 7.49. The van der Waals surface area contributed by atoms with E-state index in [2.05, 4.69) is 21.3 Å². The first-order valence-corrected chi connectivity index (χ1v) is 11.5. The molecule has 6 nitrogen and oxygen atoms in total. The van der Waals surface area contributed by atoms with Gasteiger partial charge in [-0.1, -0.05) is 6.07 Å². The Kier molecular flexibility index (Phi) is 2.88. The van der Waals surface area contributed by atoms with Crippen molar-refractivity contribution in [3.63, 3.8) is 0 Å². The number of aromatic nitrogens is 1. The molecule has 0 radical (unpaired) electrons. The Bertz CT molecular complexity index is 1280. The van der Waals surface area contributed by atoms with Gasteiger partial charge in [0.05, 0.1) is 22.7 Å². The molecule has 158 valence electrons. The van der Waals surface area contributed by atoms with Gasteiger partial charge in [0.2, 0.25) is 0 Å². The molecule has 1 unspecified atom stereocenters. The highest BCUT2D eigenvalue weighted by Crippen LogP contribution is 2.68. The maximum absolute atomic E-state index is 12.7. The van der Waals surface area contributed by atoms with Gasteiger partial charge in [-0.15, -0.1) is 0 Å². The van der Waals surface area contributed by atoms with Crippen LogP contribution < -0.4 is 5.32 Å². The average Bonchev–Trinajstić information content (AvgIpc) is 3.40. The Balaban J connectivity index is 1.43. The molecule has 3 aliphatic carbocycles. The number of nitrogens with one attached hydrogen (secondary N) is 1. The third-order valence-electron chi connectivity index (χ3n) is 8.94. The summed E-state index contributed by atoms with van der Waals surface area (Å²) in [6, 6.07) is 7.61. The molecule has 1 aromatic carbocycles. The first kappa shape index (κ1) is 17.0. The van der Waals surface area contributed by atoms with Gasteiger partial charge in [-0.05, 0) is 67.5 Å². The number of phenols is 1. The number of aromatic hydroxyl groups is 1. The van der Waals surface area contributed by atoms with E-state index in [9.17, 15) is 10.2 Å². The lowest BCUT2D eigenvalue weighted by Gasteiger charge is -2.63. The molecule has 0 amide bonds. The van der Waals surface area contributed by atoms with Crippen LogP contribution in [-0.4, -0.2) is 44.8 Å². The van der Waals surface area contributed by atoms with Crippen molar-refractivity contribution in [2.75, 3.05) is 18.4 Å². The highest BCUT2D eigenvalue weighted by Gasteiger charge is 2.72. The van der Waals surface area contributed by atoms with Crippen LogP contribution in [0.15, 0.2) is 34.9 Å². The fraction of sp³-hybridized carbons (Fsp3) is 0.480. The molecule has 1 saturated heterocycles. The van der Waals surface area contributed by atoms with E-state index in [1.54, 1.807) is 6.20 Å². The molecule has 4 heterocycles. The molecule has 1 spiro atoms. The molecule has 2 aromatic heterocycles. The molecular weight excluding hydrogens is 390 g/mol. The van der Waals surface area contributed by atoms with Gasteiger partial charge in [-0.3, -0.25) is 9.88 Å². The summed E-state index contributed by atoms with van der Waals surface area (Å²) in [5.41, 5.74) is 4.43. The van der Waals surface area contributed by atoms with Gasteiger partial charge >= 0.3 is 0 Å². The van der Waals surface area contributed by atoms with E-state index in [0.717, 1.165) is 65.5 Å². The molecule has 2 fully saturated rings. The van der Waals surface area contributed by atoms with Crippen molar-refractivity contribution in [2.24, 2.45) is 5.92 Å². The topological polar surface area (TPSA) is 81.8 Å². The molecule has 3 N–H and O–H groups in total. The number of furan rings is 1. The summed E-state index contributed by atoms with van der Waals surface area (Å²) in [4.78, 5) is 7.19. The zero-order valence-electron chi connectivity index (χ0n) is 17.3. The quantitative estimate of drug-likeness (QED) is 0.558. The number of rotatable bonds is 2. The van der Waals surface area contributed by atoms with Gasteiger partial charge in [-0.25, -0.2) is 0 Å². The number of likely N-dealkylation sites (tertiary alicyclic amines) is 1. The second-order valence-electron chi connectivity index (χ2n) is 10.3. The van der Waals surface area contributed by atoms with Gasteiger partial charge < -0.3 is 19.9 Å². The average molecular weight is 415 g/mol. The van der Waals surface area contributed by atoms with Gasteiger partial charge in [-0.2, -0.15) is 0 Å². The van der Waals surface area contributed by atoms with E-state index in [0.29, 0.717) is 6.42 Å². The van der Waals surface area contributed by atoms with E-state index >= 15 is 0 Å². The van der Waals surface area contributed by atoms with Crippen molar-refractivity contribution >= 4 is 16.8 Å². The van der Waals surface area contributed by atoms with Crippen LogP contribution in [0.2, 0.25) is 0 Å². The van der Waals surface area contributed by atoms with Crippen molar-refractivity contribution in [2.45, 2.75) is 55.2 Å². The van der Waals surface area contributed by atoms with Gasteiger partial charge in [0, 0.05) is 30.8 Å². The maximum Gasteiger partial charge on any atom is 0.153 e. The highest BCUT2D eigenvalue weighted by atomic mass is 16.3. The summed E-state index contributed by atoms with van der Waals surface area (Å²) in [6.07, 6.45) is 6.65. The molecule has 4 atom stereocenters. The zero-order valence-corrected chi connectivity index (χ0v) is 17.3. The predicted molar refractivity (Wildman–Crippen MR) is 115 cm³/mol. The summed E-state index contributed by atoms with van der Waals surface area (Å²) in [5, 5.41) is 27.1. The molecular formula is C25H25N3O3. The number of nitrogens with zero attached hydrogens (tertiary/aromatic N) is 2. The van der Waals surface area contributed by atoms with Gasteiger partial charge in [0.25, 0.3) is 0 Å². The molecule has 1 saturated carbocycles. The monoisotopic (exact) mass is 415 g/mol. The SMILES string of the molecule is Oc1ccc2c3c1N[C@H]1c4oc5cccnc5c4C[C@@]4(O)C(C2)N(CC2CC2)CC[C@]314. The lowest BCUT2D eigenvalue weighted by Crippen LogP contribution is -2.74. The van der Waals surface area contributed by atoms with Crippen LogP contribution in [0.3, 0.4) is 0 Å². The summed E-state index contributed by atoms with van der Waals surface area (Å²) in [7, 11) is 0. The molecule has 3 aromatic rings. The summed E-state index contributed by atoms with van der Waals surface area (Å²) >= 11 is 0. The number of pyridine rings is 1. The molecule has 8 rings (SSSR count). The van der Waals surface area contributed by atoms with Gasteiger partial charge in [0.15, 0.2) is 5.58 Å². The molecule has 6 heteroatoms. The normalized spacial score (nSPS) is 35.0. The standard InChI is InChI=1S/C25H25N3O3/c29-16-6-5-14-10-18-25(30)11-15-20-17(2-1-8-26-20)31-22(15)23-24(25,19(14)21(16)27-23)7-9-28(18)12-13-3-4-13/h1-2,5-6,8,13,18,23,27,29-30H,3-4,7,9-12H2/t18?,23-,24-,25+/m0/s1. The van der Waals surface area contributed by atoms with E-state index in [-0.39, 0.29) is 17.8 Å². The van der Waals surface area contributed by atoms with Crippen molar-refractivity contribution in [1.82, 2.24) is 9.88 Å². The minimum absolute atomic E-state index is 0.0657. The van der Waals surface area contributed by atoms with E-state index in [1.807, 2.05) is 18.2 Å². The minimum Gasteiger partial charge on any atom is -0.506 e.